The van der Waals surface area contributed by atoms with Crippen molar-refractivity contribution in [1.82, 2.24) is 0 Å². The number of hydrogen-bond donors (Lipinski definition) is 0. The Morgan fingerprint density at radius 2 is 1.50 bits per heavy atom. The van der Waals surface area contributed by atoms with E-state index in [9.17, 15) is 17.6 Å². The number of benzene rings is 2. The standard InChI is InChI=1S/C16H8F4/c1-2-10-3-5-12(13(17)7-10)6-4-11-8-14(18)16(20)15(19)9-11/h2-3,5,7-9H,1H2. The molecule has 2 aromatic rings. The van der Waals surface area contributed by atoms with Gasteiger partial charge in [0, 0.05) is 5.56 Å². The summed E-state index contributed by atoms with van der Waals surface area (Å²) in [5, 5.41) is 0. The second-order valence-corrected chi connectivity index (χ2v) is 3.95. The Hall–Kier alpha value is -2.54. The molecule has 2 rings (SSSR count). The van der Waals surface area contributed by atoms with Crippen LogP contribution in [-0.2, 0) is 0 Å². The third kappa shape index (κ3) is 2.89. The van der Waals surface area contributed by atoms with E-state index >= 15 is 0 Å². The van der Waals surface area contributed by atoms with Crippen LogP contribution in [0.1, 0.15) is 16.7 Å². The number of rotatable bonds is 1. The minimum absolute atomic E-state index is 0.0701. The fraction of sp³-hybridized carbons (Fsp3) is 0. The summed E-state index contributed by atoms with van der Waals surface area (Å²) in [7, 11) is 0. The molecule has 0 unspecified atom stereocenters. The van der Waals surface area contributed by atoms with Crippen LogP contribution in [-0.4, -0.2) is 0 Å². The quantitative estimate of drug-likeness (QED) is 0.414. The van der Waals surface area contributed by atoms with E-state index in [0.717, 1.165) is 12.1 Å². The summed E-state index contributed by atoms with van der Waals surface area (Å²) in [5.41, 5.74) is 0.584. The van der Waals surface area contributed by atoms with Gasteiger partial charge in [-0.1, -0.05) is 30.6 Å². The van der Waals surface area contributed by atoms with Crippen LogP contribution in [0, 0.1) is 35.1 Å². The molecule has 0 atom stereocenters. The largest absolute Gasteiger partial charge is 0.206 e. The molecule has 0 aromatic heterocycles. The first-order chi connectivity index (χ1) is 9.51. The van der Waals surface area contributed by atoms with Gasteiger partial charge in [-0.2, -0.15) is 0 Å². The molecule has 0 saturated carbocycles. The maximum absolute atomic E-state index is 13.6. The van der Waals surface area contributed by atoms with Crippen LogP contribution in [0.3, 0.4) is 0 Å². The molecular formula is C16H8F4. The maximum Gasteiger partial charge on any atom is 0.194 e. The normalized spacial score (nSPS) is 9.80. The second kappa shape index (κ2) is 5.62. The van der Waals surface area contributed by atoms with Gasteiger partial charge in [-0.05, 0) is 29.8 Å². The SMILES string of the molecule is C=Cc1ccc(C#Cc2cc(F)c(F)c(F)c2)c(F)c1. The minimum atomic E-state index is -1.56. The molecule has 20 heavy (non-hydrogen) atoms. The van der Waals surface area contributed by atoms with Gasteiger partial charge in [-0.25, -0.2) is 17.6 Å². The first kappa shape index (κ1) is 13.9. The van der Waals surface area contributed by atoms with E-state index in [0.29, 0.717) is 5.56 Å². The summed E-state index contributed by atoms with van der Waals surface area (Å²) >= 11 is 0. The van der Waals surface area contributed by atoms with Gasteiger partial charge in [0.1, 0.15) is 5.82 Å². The molecular weight excluding hydrogens is 268 g/mol. The van der Waals surface area contributed by atoms with Crippen molar-refractivity contribution in [3.05, 3.63) is 76.9 Å². The van der Waals surface area contributed by atoms with E-state index in [1.165, 1.54) is 18.2 Å². The molecule has 0 radical (unpaired) electrons. The highest BCUT2D eigenvalue weighted by atomic mass is 19.2. The Morgan fingerprint density at radius 3 is 2.05 bits per heavy atom. The topological polar surface area (TPSA) is 0 Å². The average Bonchev–Trinajstić information content (AvgIpc) is 2.43. The van der Waals surface area contributed by atoms with Crippen molar-refractivity contribution < 1.29 is 17.6 Å². The third-order valence-electron chi connectivity index (χ3n) is 2.55. The van der Waals surface area contributed by atoms with Gasteiger partial charge in [-0.3, -0.25) is 0 Å². The molecule has 0 aliphatic carbocycles. The van der Waals surface area contributed by atoms with Crippen molar-refractivity contribution in [3.8, 4) is 11.8 Å². The highest BCUT2D eigenvalue weighted by molar-refractivity contribution is 5.51. The van der Waals surface area contributed by atoms with Crippen LogP contribution >= 0.6 is 0 Å². The fourth-order valence-electron chi connectivity index (χ4n) is 1.53. The minimum Gasteiger partial charge on any atom is -0.206 e. The third-order valence-corrected chi connectivity index (χ3v) is 2.55. The molecule has 0 heterocycles. The summed E-state index contributed by atoms with van der Waals surface area (Å²) in [6.07, 6.45) is 1.48. The zero-order valence-corrected chi connectivity index (χ0v) is 10.2. The average molecular weight is 276 g/mol. The predicted octanol–water partition coefficient (Wildman–Crippen LogP) is 4.29. The van der Waals surface area contributed by atoms with Crippen molar-refractivity contribution in [2.24, 2.45) is 0 Å². The first-order valence-corrected chi connectivity index (χ1v) is 5.60. The number of hydrogen-bond acceptors (Lipinski definition) is 0. The smallest absolute Gasteiger partial charge is 0.194 e. The summed E-state index contributed by atoms with van der Waals surface area (Å²) in [6, 6.07) is 5.77. The van der Waals surface area contributed by atoms with E-state index in [1.807, 2.05) is 0 Å². The van der Waals surface area contributed by atoms with Crippen LogP contribution in [0.4, 0.5) is 17.6 Å². The monoisotopic (exact) mass is 276 g/mol. The van der Waals surface area contributed by atoms with Gasteiger partial charge in [0.05, 0.1) is 5.56 Å². The molecule has 0 bridgehead atoms. The van der Waals surface area contributed by atoms with Crippen LogP contribution in [0.2, 0.25) is 0 Å². The Bertz CT molecular complexity index is 713. The molecule has 0 fully saturated rings. The van der Waals surface area contributed by atoms with Crippen LogP contribution < -0.4 is 0 Å². The molecule has 0 nitrogen and oxygen atoms in total. The lowest BCUT2D eigenvalue weighted by Crippen LogP contribution is -1.92. The summed E-state index contributed by atoms with van der Waals surface area (Å²) < 4.78 is 52.3. The summed E-state index contributed by atoms with van der Waals surface area (Å²) in [4.78, 5) is 0. The van der Waals surface area contributed by atoms with Crippen LogP contribution in [0.5, 0.6) is 0 Å². The van der Waals surface area contributed by atoms with Crippen molar-refractivity contribution in [1.29, 1.82) is 0 Å². The molecule has 0 aliphatic rings. The Morgan fingerprint density at radius 1 is 0.850 bits per heavy atom. The van der Waals surface area contributed by atoms with Gasteiger partial charge in [0.2, 0.25) is 0 Å². The molecule has 2 aromatic carbocycles. The van der Waals surface area contributed by atoms with E-state index in [-0.39, 0.29) is 11.1 Å². The molecule has 100 valence electrons. The van der Waals surface area contributed by atoms with E-state index in [4.69, 9.17) is 0 Å². The van der Waals surface area contributed by atoms with Crippen molar-refractivity contribution in [2.75, 3.05) is 0 Å². The molecule has 0 N–H and O–H groups in total. The van der Waals surface area contributed by atoms with Crippen molar-refractivity contribution in [3.63, 3.8) is 0 Å². The van der Waals surface area contributed by atoms with Gasteiger partial charge in [-0.15, -0.1) is 0 Å². The molecule has 0 saturated heterocycles. The molecule has 4 heteroatoms. The van der Waals surface area contributed by atoms with Gasteiger partial charge < -0.3 is 0 Å². The lowest BCUT2D eigenvalue weighted by molar-refractivity contribution is 0.446. The Kier molecular flexibility index (Phi) is 3.90. The summed E-state index contributed by atoms with van der Waals surface area (Å²) in [6.45, 7) is 3.50. The lowest BCUT2D eigenvalue weighted by atomic mass is 10.1. The first-order valence-electron chi connectivity index (χ1n) is 5.60. The van der Waals surface area contributed by atoms with Gasteiger partial charge >= 0.3 is 0 Å². The molecule has 0 aliphatic heterocycles. The second-order valence-electron chi connectivity index (χ2n) is 3.95. The van der Waals surface area contributed by atoms with E-state index < -0.39 is 23.3 Å². The zero-order valence-electron chi connectivity index (χ0n) is 10.2. The highest BCUT2D eigenvalue weighted by Crippen LogP contribution is 2.14. The zero-order chi connectivity index (χ0) is 14.7. The highest BCUT2D eigenvalue weighted by Gasteiger charge is 2.09. The Balaban J connectivity index is 2.38. The fourth-order valence-corrected chi connectivity index (χ4v) is 1.53. The van der Waals surface area contributed by atoms with Crippen LogP contribution in [0.25, 0.3) is 6.08 Å². The predicted molar refractivity (Wildman–Crippen MR) is 68.8 cm³/mol. The van der Waals surface area contributed by atoms with E-state index in [1.54, 1.807) is 6.07 Å². The van der Waals surface area contributed by atoms with Crippen molar-refractivity contribution in [2.45, 2.75) is 0 Å². The van der Waals surface area contributed by atoms with Gasteiger partial charge in [0.25, 0.3) is 0 Å². The maximum atomic E-state index is 13.6. The summed E-state index contributed by atoms with van der Waals surface area (Å²) in [5.74, 6) is 0.0227. The molecule has 0 spiro atoms. The van der Waals surface area contributed by atoms with Crippen molar-refractivity contribution >= 4 is 6.08 Å². The Labute approximate surface area is 113 Å². The van der Waals surface area contributed by atoms with Crippen LogP contribution in [0.15, 0.2) is 36.9 Å². The van der Waals surface area contributed by atoms with E-state index in [2.05, 4.69) is 18.4 Å². The molecule has 0 amide bonds. The lowest BCUT2D eigenvalue weighted by Gasteiger charge is -1.98. The van der Waals surface area contributed by atoms with Gasteiger partial charge in [0.15, 0.2) is 17.5 Å². The number of halogens is 4.